The van der Waals surface area contributed by atoms with Crippen LogP contribution in [-0.4, -0.2) is 17.4 Å². The average Bonchev–Trinajstić information content (AvgIpc) is 2.47. The molecule has 1 fully saturated rings. The maximum Gasteiger partial charge on any atom is 0.184 e. The lowest BCUT2D eigenvalue weighted by atomic mass is 9.98. The van der Waals surface area contributed by atoms with Gasteiger partial charge >= 0.3 is 0 Å². The van der Waals surface area contributed by atoms with Crippen molar-refractivity contribution in [1.82, 2.24) is 5.43 Å². The molecular weight excluding hydrogens is 289 g/mol. The lowest BCUT2D eigenvalue weighted by Crippen LogP contribution is -2.24. The van der Waals surface area contributed by atoms with E-state index in [1.54, 1.807) is 12.1 Å². The van der Waals surface area contributed by atoms with Gasteiger partial charge in [-0.3, -0.25) is 5.43 Å². The predicted molar refractivity (Wildman–Crippen MR) is 85.6 cm³/mol. The van der Waals surface area contributed by atoms with Crippen molar-refractivity contribution in [3.63, 3.8) is 0 Å². The van der Waals surface area contributed by atoms with Gasteiger partial charge in [0.2, 0.25) is 0 Å². The van der Waals surface area contributed by atoms with Crippen LogP contribution in [0, 0.1) is 5.82 Å². The molecule has 0 saturated heterocycles. The number of ether oxygens (including phenoxy) is 1. The standard InChI is InChI=1S/C15H20FN3OS/c16-14-8-11(9-18-19-15(17)21)6-7-12(14)10-20-13-4-2-1-3-5-13/h6-9,13H,1-5,10H2,(H3,17,19,21). The van der Waals surface area contributed by atoms with Crippen LogP contribution >= 0.6 is 12.2 Å². The smallest absolute Gasteiger partial charge is 0.184 e. The first-order valence-electron chi connectivity index (χ1n) is 7.13. The summed E-state index contributed by atoms with van der Waals surface area (Å²) in [6.07, 6.45) is 7.59. The van der Waals surface area contributed by atoms with Crippen LogP contribution in [0.25, 0.3) is 0 Å². The van der Waals surface area contributed by atoms with Crippen molar-refractivity contribution in [1.29, 1.82) is 0 Å². The summed E-state index contributed by atoms with van der Waals surface area (Å²) < 4.78 is 19.8. The molecule has 2 rings (SSSR count). The molecule has 1 aliphatic rings. The van der Waals surface area contributed by atoms with Crippen molar-refractivity contribution < 1.29 is 9.13 Å². The van der Waals surface area contributed by atoms with Gasteiger partial charge in [0, 0.05) is 5.56 Å². The normalized spacial score (nSPS) is 16.2. The van der Waals surface area contributed by atoms with Crippen molar-refractivity contribution in [3.8, 4) is 0 Å². The molecule has 0 aromatic heterocycles. The Morgan fingerprint density at radius 1 is 1.43 bits per heavy atom. The fourth-order valence-corrected chi connectivity index (χ4v) is 2.42. The van der Waals surface area contributed by atoms with Gasteiger partial charge in [0.25, 0.3) is 0 Å². The minimum Gasteiger partial charge on any atom is -0.375 e. The molecule has 1 saturated carbocycles. The fourth-order valence-electron chi connectivity index (χ4n) is 2.37. The Hall–Kier alpha value is -1.53. The molecule has 1 aromatic carbocycles. The molecule has 0 atom stereocenters. The molecule has 0 spiro atoms. The van der Waals surface area contributed by atoms with Crippen LogP contribution in [0.2, 0.25) is 0 Å². The highest BCUT2D eigenvalue weighted by Gasteiger charge is 2.14. The summed E-state index contributed by atoms with van der Waals surface area (Å²) in [5.41, 5.74) is 8.87. The van der Waals surface area contributed by atoms with Crippen LogP contribution in [0.3, 0.4) is 0 Å². The van der Waals surface area contributed by atoms with Gasteiger partial charge in [-0.25, -0.2) is 4.39 Å². The third-order valence-electron chi connectivity index (χ3n) is 3.49. The van der Waals surface area contributed by atoms with E-state index in [9.17, 15) is 4.39 Å². The molecule has 114 valence electrons. The Morgan fingerprint density at radius 3 is 2.86 bits per heavy atom. The zero-order chi connectivity index (χ0) is 15.1. The highest BCUT2D eigenvalue weighted by Crippen LogP contribution is 2.22. The van der Waals surface area contributed by atoms with E-state index >= 15 is 0 Å². The monoisotopic (exact) mass is 309 g/mol. The number of thiocarbonyl (C=S) groups is 1. The second-order valence-corrected chi connectivity index (χ2v) is 5.60. The molecule has 1 aliphatic carbocycles. The van der Waals surface area contributed by atoms with Crippen LogP contribution < -0.4 is 11.2 Å². The van der Waals surface area contributed by atoms with Gasteiger partial charge in [0.1, 0.15) is 5.82 Å². The van der Waals surface area contributed by atoms with E-state index in [0.29, 0.717) is 17.7 Å². The van der Waals surface area contributed by atoms with Crippen LogP contribution in [0.4, 0.5) is 4.39 Å². The summed E-state index contributed by atoms with van der Waals surface area (Å²) in [5.74, 6) is -0.287. The zero-order valence-corrected chi connectivity index (χ0v) is 12.7. The maximum absolute atomic E-state index is 14.0. The quantitative estimate of drug-likeness (QED) is 0.499. The van der Waals surface area contributed by atoms with Crippen LogP contribution in [0.5, 0.6) is 0 Å². The Morgan fingerprint density at radius 2 is 2.19 bits per heavy atom. The van der Waals surface area contributed by atoms with Gasteiger partial charge in [0.05, 0.1) is 18.9 Å². The number of benzene rings is 1. The number of nitrogens with zero attached hydrogens (tertiary/aromatic N) is 1. The van der Waals surface area contributed by atoms with E-state index in [-0.39, 0.29) is 17.0 Å². The molecule has 0 heterocycles. The van der Waals surface area contributed by atoms with E-state index in [1.807, 2.05) is 0 Å². The molecular formula is C15H20FN3OS. The molecule has 6 heteroatoms. The summed E-state index contributed by atoms with van der Waals surface area (Å²) in [6, 6.07) is 4.93. The summed E-state index contributed by atoms with van der Waals surface area (Å²) in [7, 11) is 0. The number of hydrogen-bond acceptors (Lipinski definition) is 3. The van der Waals surface area contributed by atoms with Crippen molar-refractivity contribution >= 4 is 23.5 Å². The average molecular weight is 309 g/mol. The second-order valence-electron chi connectivity index (χ2n) is 5.16. The molecule has 21 heavy (non-hydrogen) atoms. The molecule has 1 aromatic rings. The van der Waals surface area contributed by atoms with E-state index in [1.165, 1.54) is 31.5 Å². The summed E-state index contributed by atoms with van der Waals surface area (Å²) in [6.45, 7) is 0.319. The van der Waals surface area contributed by atoms with Gasteiger partial charge in [-0.05, 0) is 36.7 Å². The van der Waals surface area contributed by atoms with Gasteiger partial charge in [-0.15, -0.1) is 0 Å². The summed E-state index contributed by atoms with van der Waals surface area (Å²) in [4.78, 5) is 0. The Bertz CT molecular complexity index is 516. The largest absolute Gasteiger partial charge is 0.375 e. The van der Waals surface area contributed by atoms with Crippen LogP contribution in [0.1, 0.15) is 43.2 Å². The highest BCUT2D eigenvalue weighted by molar-refractivity contribution is 7.80. The van der Waals surface area contributed by atoms with Crippen molar-refractivity contribution in [2.75, 3.05) is 0 Å². The predicted octanol–water partition coefficient (Wildman–Crippen LogP) is 2.84. The summed E-state index contributed by atoms with van der Waals surface area (Å²) >= 11 is 4.62. The van der Waals surface area contributed by atoms with E-state index in [4.69, 9.17) is 10.5 Å². The molecule has 0 aliphatic heterocycles. The van der Waals surface area contributed by atoms with Gasteiger partial charge in [-0.1, -0.05) is 31.4 Å². The Kier molecular flexibility index (Phi) is 6.07. The van der Waals surface area contributed by atoms with Gasteiger partial charge in [0.15, 0.2) is 5.11 Å². The molecule has 3 N–H and O–H groups in total. The van der Waals surface area contributed by atoms with Crippen LogP contribution in [0.15, 0.2) is 23.3 Å². The minimum absolute atomic E-state index is 0.0734. The fraction of sp³-hybridized carbons (Fsp3) is 0.467. The first kappa shape index (κ1) is 15.9. The minimum atomic E-state index is -0.287. The third kappa shape index (κ3) is 5.40. The molecule has 0 amide bonds. The van der Waals surface area contributed by atoms with E-state index < -0.39 is 0 Å². The van der Waals surface area contributed by atoms with E-state index in [2.05, 4.69) is 22.7 Å². The van der Waals surface area contributed by atoms with Crippen molar-refractivity contribution in [3.05, 3.63) is 35.1 Å². The topological polar surface area (TPSA) is 59.6 Å². The van der Waals surface area contributed by atoms with E-state index in [0.717, 1.165) is 12.8 Å². The molecule has 0 bridgehead atoms. The lowest BCUT2D eigenvalue weighted by Gasteiger charge is -2.22. The number of halogens is 1. The number of hydrazone groups is 1. The first-order valence-corrected chi connectivity index (χ1v) is 7.54. The molecule has 4 nitrogen and oxygen atoms in total. The van der Waals surface area contributed by atoms with Crippen molar-refractivity contribution in [2.24, 2.45) is 10.8 Å². The highest BCUT2D eigenvalue weighted by atomic mass is 32.1. The van der Waals surface area contributed by atoms with Gasteiger partial charge in [-0.2, -0.15) is 5.10 Å². The number of nitrogens with one attached hydrogen (secondary N) is 1. The zero-order valence-electron chi connectivity index (χ0n) is 11.8. The van der Waals surface area contributed by atoms with Gasteiger partial charge < -0.3 is 10.5 Å². The Labute approximate surface area is 129 Å². The first-order chi connectivity index (χ1) is 10.1. The molecule has 0 unspecified atom stereocenters. The van der Waals surface area contributed by atoms with Crippen LogP contribution in [-0.2, 0) is 11.3 Å². The third-order valence-corrected chi connectivity index (χ3v) is 3.58. The second kappa shape index (κ2) is 8.05. The number of rotatable bonds is 5. The SMILES string of the molecule is NC(=S)NN=Cc1ccc(COC2CCCCC2)c(F)c1. The summed E-state index contributed by atoms with van der Waals surface area (Å²) in [5, 5.41) is 3.87. The Balaban J connectivity index is 1.89. The molecule has 0 radical (unpaired) electrons. The number of nitrogens with two attached hydrogens (primary N) is 1. The lowest BCUT2D eigenvalue weighted by molar-refractivity contribution is 0.0156. The van der Waals surface area contributed by atoms with Crippen molar-refractivity contribution in [2.45, 2.75) is 44.8 Å². The maximum atomic E-state index is 14.0. The number of hydrogen-bond donors (Lipinski definition) is 2.